The van der Waals surface area contributed by atoms with E-state index in [1.54, 1.807) is 23.0 Å². The fraction of sp³-hybridized carbons (Fsp3) is 0.429. The molecule has 2 aromatic heterocycles. The molecule has 4 heterocycles. The summed E-state index contributed by atoms with van der Waals surface area (Å²) in [6.45, 7) is 2.64. The second-order valence-corrected chi connectivity index (χ2v) is 5.79. The zero-order valence-corrected chi connectivity index (χ0v) is 12.6. The van der Waals surface area contributed by atoms with Gasteiger partial charge in [-0.05, 0) is 0 Å². The molecule has 2 aromatic rings. The summed E-state index contributed by atoms with van der Waals surface area (Å²) < 4.78 is 15.5. The highest BCUT2D eigenvalue weighted by Crippen LogP contribution is 2.29. The van der Waals surface area contributed by atoms with E-state index in [1.807, 2.05) is 15.8 Å². The highest BCUT2D eigenvalue weighted by atomic mass is 19.1. The second-order valence-electron chi connectivity index (χ2n) is 5.79. The van der Waals surface area contributed by atoms with E-state index in [4.69, 9.17) is 0 Å². The van der Waals surface area contributed by atoms with Crippen LogP contribution in [0.15, 0.2) is 24.9 Å². The molecule has 0 radical (unpaired) electrons. The maximum absolute atomic E-state index is 13.6. The summed E-state index contributed by atoms with van der Waals surface area (Å²) in [6, 6.07) is 0.136. The Hall–Kier alpha value is -2.71. The number of hydrogen-bond donors (Lipinski definition) is 0. The van der Waals surface area contributed by atoms with E-state index in [9.17, 15) is 9.18 Å². The Morgan fingerprint density at radius 1 is 1.26 bits per heavy atom. The summed E-state index contributed by atoms with van der Waals surface area (Å²) in [5, 5.41) is 4.34. The Kier molecular flexibility index (Phi) is 3.14. The monoisotopic (exact) mass is 317 g/mol. The Morgan fingerprint density at radius 2 is 2.09 bits per heavy atom. The highest BCUT2D eigenvalue weighted by Gasteiger charge is 2.33. The van der Waals surface area contributed by atoms with Gasteiger partial charge in [-0.1, -0.05) is 0 Å². The molecule has 0 N–H and O–H groups in total. The van der Waals surface area contributed by atoms with Gasteiger partial charge < -0.3 is 9.80 Å². The summed E-state index contributed by atoms with van der Waals surface area (Å²) >= 11 is 0. The SMILES string of the molecule is CN1CCN(c2cnn(C3CN(c4ncncc4F)C3)c2)C1=O. The largest absolute Gasteiger partial charge is 0.350 e. The average Bonchev–Trinajstić information content (AvgIpc) is 3.08. The van der Waals surface area contributed by atoms with Crippen molar-refractivity contribution in [1.82, 2.24) is 24.6 Å². The Morgan fingerprint density at radius 3 is 2.78 bits per heavy atom. The average molecular weight is 317 g/mol. The molecule has 2 aliphatic heterocycles. The molecule has 2 aliphatic rings. The van der Waals surface area contributed by atoms with E-state index < -0.39 is 5.82 Å². The third kappa shape index (κ3) is 2.28. The summed E-state index contributed by atoms with van der Waals surface area (Å²) in [4.78, 5) is 24.9. The van der Waals surface area contributed by atoms with Gasteiger partial charge >= 0.3 is 6.03 Å². The van der Waals surface area contributed by atoms with Crippen LogP contribution in [0.5, 0.6) is 0 Å². The van der Waals surface area contributed by atoms with Gasteiger partial charge in [0, 0.05) is 39.4 Å². The number of likely N-dealkylation sites (N-methyl/N-ethyl adjacent to an activating group) is 1. The van der Waals surface area contributed by atoms with Crippen molar-refractivity contribution in [2.45, 2.75) is 6.04 Å². The van der Waals surface area contributed by atoms with Crippen LogP contribution in [0.3, 0.4) is 0 Å². The lowest BCUT2D eigenvalue weighted by atomic mass is 10.1. The minimum atomic E-state index is -0.419. The highest BCUT2D eigenvalue weighted by molar-refractivity contribution is 5.93. The van der Waals surface area contributed by atoms with Gasteiger partial charge in [0.15, 0.2) is 11.6 Å². The van der Waals surface area contributed by atoms with Crippen LogP contribution < -0.4 is 9.80 Å². The van der Waals surface area contributed by atoms with Gasteiger partial charge in [0.2, 0.25) is 0 Å². The molecule has 2 fully saturated rings. The third-order valence-corrected chi connectivity index (χ3v) is 4.30. The number of urea groups is 1. The molecular formula is C14H16FN7O. The van der Waals surface area contributed by atoms with Crippen molar-refractivity contribution < 1.29 is 9.18 Å². The van der Waals surface area contributed by atoms with Crippen LogP contribution in [0.2, 0.25) is 0 Å². The number of carbonyl (C=O) groups excluding carboxylic acids is 1. The topological polar surface area (TPSA) is 70.4 Å². The molecule has 9 heteroatoms. The van der Waals surface area contributed by atoms with Crippen molar-refractivity contribution in [1.29, 1.82) is 0 Å². The molecule has 0 spiro atoms. The molecule has 0 unspecified atom stereocenters. The first-order valence-corrected chi connectivity index (χ1v) is 7.40. The van der Waals surface area contributed by atoms with E-state index in [-0.39, 0.29) is 12.1 Å². The Balaban J connectivity index is 1.44. The number of carbonyl (C=O) groups is 1. The molecule has 2 amide bonds. The maximum Gasteiger partial charge on any atom is 0.324 e. The summed E-state index contributed by atoms with van der Waals surface area (Å²) in [6.07, 6.45) is 6.07. The van der Waals surface area contributed by atoms with Crippen LogP contribution in [0.25, 0.3) is 0 Å². The normalized spacial score (nSPS) is 18.7. The van der Waals surface area contributed by atoms with Crippen LogP contribution >= 0.6 is 0 Å². The smallest absolute Gasteiger partial charge is 0.324 e. The number of halogens is 1. The standard InChI is InChI=1S/C14H16FN7O/c1-19-2-3-21(14(19)23)10-4-18-22(8-10)11-6-20(7-11)13-12(15)5-16-9-17-13/h4-5,8-9,11H,2-3,6-7H2,1H3. The molecule has 0 aromatic carbocycles. The van der Waals surface area contributed by atoms with E-state index >= 15 is 0 Å². The number of hydrogen-bond acceptors (Lipinski definition) is 5. The first-order chi connectivity index (χ1) is 11.1. The van der Waals surface area contributed by atoms with Gasteiger partial charge in [-0.2, -0.15) is 5.10 Å². The first kappa shape index (κ1) is 13.9. The molecule has 0 bridgehead atoms. The molecule has 2 saturated heterocycles. The molecule has 120 valence electrons. The fourth-order valence-electron chi connectivity index (χ4n) is 2.89. The van der Waals surface area contributed by atoms with Gasteiger partial charge in [-0.25, -0.2) is 19.2 Å². The summed E-state index contributed by atoms with van der Waals surface area (Å²) in [5.41, 5.74) is 0.797. The third-order valence-electron chi connectivity index (χ3n) is 4.30. The number of rotatable bonds is 3. The molecule has 4 rings (SSSR count). The van der Waals surface area contributed by atoms with Crippen LogP contribution in [0.1, 0.15) is 6.04 Å². The van der Waals surface area contributed by atoms with E-state index in [0.29, 0.717) is 32.0 Å². The zero-order chi connectivity index (χ0) is 16.0. The van der Waals surface area contributed by atoms with Gasteiger partial charge in [0.1, 0.15) is 6.33 Å². The van der Waals surface area contributed by atoms with Crippen LogP contribution in [-0.4, -0.2) is 63.9 Å². The molecule has 0 saturated carbocycles. The predicted molar refractivity (Wildman–Crippen MR) is 80.8 cm³/mol. The molecule has 23 heavy (non-hydrogen) atoms. The summed E-state index contributed by atoms with van der Waals surface area (Å²) in [5.74, 6) is -0.0993. The van der Waals surface area contributed by atoms with Crippen molar-refractivity contribution in [3.8, 4) is 0 Å². The van der Waals surface area contributed by atoms with Crippen LogP contribution in [0, 0.1) is 5.82 Å². The van der Waals surface area contributed by atoms with Crippen molar-refractivity contribution in [3.05, 3.63) is 30.7 Å². The van der Waals surface area contributed by atoms with Gasteiger partial charge in [-0.15, -0.1) is 0 Å². The molecule has 0 aliphatic carbocycles. The lowest BCUT2D eigenvalue weighted by molar-refractivity contribution is 0.229. The van der Waals surface area contributed by atoms with E-state index in [1.165, 1.54) is 6.33 Å². The lowest BCUT2D eigenvalue weighted by Gasteiger charge is -2.39. The van der Waals surface area contributed by atoms with Crippen molar-refractivity contribution in [3.63, 3.8) is 0 Å². The minimum absolute atomic E-state index is 0.0113. The zero-order valence-electron chi connectivity index (χ0n) is 12.6. The molecule has 8 nitrogen and oxygen atoms in total. The quantitative estimate of drug-likeness (QED) is 0.835. The molecular weight excluding hydrogens is 301 g/mol. The fourth-order valence-corrected chi connectivity index (χ4v) is 2.89. The minimum Gasteiger partial charge on any atom is -0.350 e. The Bertz CT molecular complexity index is 742. The van der Waals surface area contributed by atoms with Crippen molar-refractivity contribution in [2.24, 2.45) is 0 Å². The van der Waals surface area contributed by atoms with Gasteiger partial charge in [-0.3, -0.25) is 9.58 Å². The number of aromatic nitrogens is 4. The van der Waals surface area contributed by atoms with E-state index in [2.05, 4.69) is 15.1 Å². The number of nitrogens with zero attached hydrogens (tertiary/aromatic N) is 7. The van der Waals surface area contributed by atoms with Crippen LogP contribution in [0.4, 0.5) is 20.7 Å². The Labute approximate surface area is 132 Å². The van der Waals surface area contributed by atoms with Gasteiger partial charge in [0.05, 0.1) is 24.1 Å². The van der Waals surface area contributed by atoms with E-state index in [0.717, 1.165) is 11.9 Å². The first-order valence-electron chi connectivity index (χ1n) is 7.40. The second kappa shape index (κ2) is 5.18. The number of anilines is 2. The van der Waals surface area contributed by atoms with Crippen LogP contribution in [-0.2, 0) is 0 Å². The maximum atomic E-state index is 13.6. The number of amides is 2. The summed E-state index contributed by atoms with van der Waals surface area (Å²) in [7, 11) is 1.78. The lowest BCUT2D eigenvalue weighted by Crippen LogP contribution is -2.48. The molecule has 0 atom stereocenters. The predicted octanol–water partition coefficient (Wildman–Crippen LogP) is 0.745. The van der Waals surface area contributed by atoms with Crippen molar-refractivity contribution >= 4 is 17.5 Å². The van der Waals surface area contributed by atoms with Crippen molar-refractivity contribution in [2.75, 3.05) is 43.0 Å². The van der Waals surface area contributed by atoms with Gasteiger partial charge in [0.25, 0.3) is 0 Å².